The Morgan fingerprint density at radius 3 is 2.52 bits per heavy atom. The van der Waals surface area contributed by atoms with E-state index in [1.807, 2.05) is 30.3 Å². The normalized spacial score (nSPS) is 10.2. The Morgan fingerprint density at radius 2 is 1.90 bits per heavy atom. The number of rotatable bonds is 6. The first kappa shape index (κ1) is 15.5. The highest BCUT2D eigenvalue weighted by molar-refractivity contribution is 9.10. The molecular weight excluding hydrogens is 334 g/mol. The lowest BCUT2D eigenvalue weighted by atomic mass is 10.3. The van der Waals surface area contributed by atoms with Crippen LogP contribution in [0.5, 0.6) is 0 Å². The quantitative estimate of drug-likeness (QED) is 0.786. The largest absolute Gasteiger partial charge is 0.383 e. The molecule has 0 spiro atoms. The number of nitrogens with one attached hydrogen (secondary N) is 2. The van der Waals surface area contributed by atoms with Gasteiger partial charge >= 0.3 is 0 Å². The van der Waals surface area contributed by atoms with Crippen LogP contribution in [-0.4, -0.2) is 31.2 Å². The molecule has 0 fully saturated rings. The van der Waals surface area contributed by atoms with Crippen LogP contribution in [0.15, 0.2) is 47.1 Å². The van der Waals surface area contributed by atoms with E-state index in [-0.39, 0.29) is 5.91 Å². The van der Waals surface area contributed by atoms with E-state index >= 15 is 0 Å². The Bertz CT molecular complexity index is 585. The fourth-order valence-corrected chi connectivity index (χ4v) is 1.92. The first-order valence-electron chi connectivity index (χ1n) is 6.45. The van der Waals surface area contributed by atoms with Crippen molar-refractivity contribution in [3.8, 4) is 0 Å². The minimum absolute atomic E-state index is 0.235. The van der Waals surface area contributed by atoms with Crippen molar-refractivity contribution >= 4 is 33.2 Å². The van der Waals surface area contributed by atoms with E-state index in [1.165, 1.54) is 0 Å². The first-order valence-corrected chi connectivity index (χ1v) is 7.24. The van der Waals surface area contributed by atoms with Crippen LogP contribution in [0, 0.1) is 0 Å². The molecule has 0 radical (unpaired) electrons. The highest BCUT2D eigenvalue weighted by Crippen LogP contribution is 2.15. The molecular formula is C15H16BrN3O2. The third-order valence-corrected chi connectivity index (χ3v) is 3.26. The van der Waals surface area contributed by atoms with Crippen molar-refractivity contribution in [3.63, 3.8) is 0 Å². The van der Waals surface area contributed by atoms with Crippen molar-refractivity contribution in [2.45, 2.75) is 0 Å². The molecule has 2 N–H and O–H groups in total. The van der Waals surface area contributed by atoms with Gasteiger partial charge in [-0.15, -0.1) is 0 Å². The summed E-state index contributed by atoms with van der Waals surface area (Å²) in [6, 6.07) is 10.9. The summed E-state index contributed by atoms with van der Waals surface area (Å²) >= 11 is 3.35. The van der Waals surface area contributed by atoms with Gasteiger partial charge in [0.2, 0.25) is 0 Å². The Kier molecular flexibility index (Phi) is 5.71. The Hall–Kier alpha value is -1.92. The van der Waals surface area contributed by atoms with E-state index in [2.05, 4.69) is 31.5 Å². The van der Waals surface area contributed by atoms with Gasteiger partial charge < -0.3 is 15.4 Å². The maximum Gasteiger partial charge on any atom is 0.274 e. The zero-order valence-electron chi connectivity index (χ0n) is 11.6. The molecule has 0 aliphatic rings. The summed E-state index contributed by atoms with van der Waals surface area (Å²) in [6.45, 7) is 1.31. The number of nitrogens with zero attached hydrogens (tertiary/aromatic N) is 1. The summed E-state index contributed by atoms with van der Waals surface area (Å²) < 4.78 is 5.91. The topological polar surface area (TPSA) is 63.2 Å². The molecule has 1 aromatic heterocycles. The minimum atomic E-state index is -0.235. The number of pyridine rings is 1. The Morgan fingerprint density at radius 1 is 1.19 bits per heavy atom. The molecule has 1 heterocycles. The monoisotopic (exact) mass is 349 g/mol. The third kappa shape index (κ3) is 4.84. The van der Waals surface area contributed by atoms with Crippen molar-refractivity contribution < 1.29 is 9.53 Å². The van der Waals surface area contributed by atoms with Crippen LogP contribution >= 0.6 is 15.9 Å². The van der Waals surface area contributed by atoms with Crippen LogP contribution < -0.4 is 10.6 Å². The SMILES string of the molecule is COCCNc1ccc(C(=O)Nc2ccc(Br)cc2)nc1. The lowest BCUT2D eigenvalue weighted by Gasteiger charge is -2.07. The van der Waals surface area contributed by atoms with Gasteiger partial charge in [-0.05, 0) is 36.4 Å². The Balaban J connectivity index is 1.94. The van der Waals surface area contributed by atoms with E-state index in [0.717, 1.165) is 15.8 Å². The fraction of sp³-hybridized carbons (Fsp3) is 0.200. The van der Waals surface area contributed by atoms with Gasteiger partial charge in [0, 0.05) is 23.8 Å². The van der Waals surface area contributed by atoms with Crippen LogP contribution in [0.2, 0.25) is 0 Å². The highest BCUT2D eigenvalue weighted by atomic mass is 79.9. The molecule has 2 aromatic rings. The van der Waals surface area contributed by atoms with Crippen LogP contribution in [0.25, 0.3) is 0 Å². The van der Waals surface area contributed by atoms with Crippen molar-refractivity contribution in [2.75, 3.05) is 30.9 Å². The average molecular weight is 350 g/mol. The lowest BCUT2D eigenvalue weighted by Crippen LogP contribution is -2.14. The summed E-state index contributed by atoms with van der Waals surface area (Å²) in [6.07, 6.45) is 1.63. The van der Waals surface area contributed by atoms with Gasteiger partial charge in [0.15, 0.2) is 0 Å². The van der Waals surface area contributed by atoms with Crippen molar-refractivity contribution in [2.24, 2.45) is 0 Å². The van der Waals surface area contributed by atoms with Gasteiger partial charge in [0.25, 0.3) is 5.91 Å². The summed E-state index contributed by atoms with van der Waals surface area (Å²) in [5, 5.41) is 5.94. The number of methoxy groups -OCH3 is 1. The maximum absolute atomic E-state index is 12.0. The molecule has 0 unspecified atom stereocenters. The van der Waals surface area contributed by atoms with Gasteiger partial charge in [0.1, 0.15) is 5.69 Å². The van der Waals surface area contributed by atoms with E-state index in [1.54, 1.807) is 19.4 Å². The lowest BCUT2D eigenvalue weighted by molar-refractivity contribution is 0.102. The van der Waals surface area contributed by atoms with Crippen LogP contribution in [0.3, 0.4) is 0 Å². The van der Waals surface area contributed by atoms with E-state index in [9.17, 15) is 4.79 Å². The summed E-state index contributed by atoms with van der Waals surface area (Å²) in [7, 11) is 1.65. The Labute approximate surface area is 131 Å². The number of aromatic nitrogens is 1. The molecule has 0 saturated heterocycles. The summed E-state index contributed by atoms with van der Waals surface area (Å²) in [5.41, 5.74) is 1.95. The summed E-state index contributed by atoms with van der Waals surface area (Å²) in [5.74, 6) is -0.235. The molecule has 0 atom stereocenters. The molecule has 0 bridgehead atoms. The number of anilines is 2. The second-order valence-electron chi connectivity index (χ2n) is 4.31. The molecule has 0 saturated carbocycles. The van der Waals surface area contributed by atoms with Crippen LogP contribution in [-0.2, 0) is 4.74 Å². The molecule has 0 aliphatic carbocycles. The van der Waals surface area contributed by atoms with Crippen molar-refractivity contribution in [3.05, 3.63) is 52.8 Å². The van der Waals surface area contributed by atoms with Gasteiger partial charge in [-0.3, -0.25) is 4.79 Å². The number of ether oxygens (including phenoxy) is 1. The number of hydrogen-bond acceptors (Lipinski definition) is 4. The molecule has 1 aromatic carbocycles. The number of hydrogen-bond donors (Lipinski definition) is 2. The second-order valence-corrected chi connectivity index (χ2v) is 5.23. The predicted molar refractivity (Wildman–Crippen MR) is 86.7 cm³/mol. The number of amides is 1. The number of carbonyl (C=O) groups excluding carboxylic acids is 1. The molecule has 5 nitrogen and oxygen atoms in total. The standard InChI is InChI=1S/C15H16BrN3O2/c1-21-9-8-17-13-6-7-14(18-10-13)15(20)19-12-4-2-11(16)3-5-12/h2-7,10,17H,8-9H2,1H3,(H,19,20). The fourth-order valence-electron chi connectivity index (χ4n) is 1.66. The maximum atomic E-state index is 12.0. The van der Waals surface area contributed by atoms with Gasteiger partial charge in [0.05, 0.1) is 18.5 Å². The zero-order chi connectivity index (χ0) is 15.1. The molecule has 110 valence electrons. The highest BCUT2D eigenvalue weighted by Gasteiger charge is 2.07. The molecule has 6 heteroatoms. The molecule has 0 aliphatic heterocycles. The van der Waals surface area contributed by atoms with Gasteiger partial charge in [-0.2, -0.15) is 0 Å². The number of halogens is 1. The van der Waals surface area contributed by atoms with Crippen LogP contribution in [0.1, 0.15) is 10.5 Å². The zero-order valence-corrected chi connectivity index (χ0v) is 13.2. The van der Waals surface area contributed by atoms with Crippen molar-refractivity contribution in [1.82, 2.24) is 4.98 Å². The first-order chi connectivity index (χ1) is 10.2. The van der Waals surface area contributed by atoms with E-state index in [4.69, 9.17) is 4.74 Å². The molecule has 1 amide bonds. The van der Waals surface area contributed by atoms with E-state index < -0.39 is 0 Å². The number of benzene rings is 1. The predicted octanol–water partition coefficient (Wildman–Crippen LogP) is 3.15. The molecule has 2 rings (SSSR count). The van der Waals surface area contributed by atoms with Crippen molar-refractivity contribution in [1.29, 1.82) is 0 Å². The smallest absolute Gasteiger partial charge is 0.274 e. The van der Waals surface area contributed by atoms with Gasteiger partial charge in [-0.25, -0.2) is 4.98 Å². The second kappa shape index (κ2) is 7.75. The minimum Gasteiger partial charge on any atom is -0.383 e. The third-order valence-electron chi connectivity index (χ3n) is 2.73. The average Bonchev–Trinajstić information content (AvgIpc) is 2.50. The van der Waals surface area contributed by atoms with Gasteiger partial charge in [-0.1, -0.05) is 15.9 Å². The number of carbonyl (C=O) groups is 1. The molecule has 21 heavy (non-hydrogen) atoms. The summed E-state index contributed by atoms with van der Waals surface area (Å²) in [4.78, 5) is 16.2. The van der Waals surface area contributed by atoms with Crippen LogP contribution in [0.4, 0.5) is 11.4 Å². The van der Waals surface area contributed by atoms with E-state index in [0.29, 0.717) is 18.8 Å².